The van der Waals surface area contributed by atoms with Crippen molar-refractivity contribution in [2.24, 2.45) is 0 Å². The Bertz CT molecular complexity index is 843. The van der Waals surface area contributed by atoms with Gasteiger partial charge in [0.25, 0.3) is 5.91 Å². The number of rotatable bonds is 8. The fraction of sp³-hybridized carbons (Fsp3) is 0.417. The first-order valence-corrected chi connectivity index (χ1v) is 10.5. The van der Waals surface area contributed by atoms with Crippen LogP contribution >= 0.6 is 0 Å². The van der Waals surface area contributed by atoms with E-state index in [2.05, 4.69) is 5.32 Å². The van der Waals surface area contributed by atoms with Gasteiger partial charge in [0.1, 0.15) is 11.5 Å². The first-order valence-electron chi connectivity index (χ1n) is 10.5. The number of methoxy groups -OCH3 is 1. The van der Waals surface area contributed by atoms with Crippen molar-refractivity contribution in [1.29, 1.82) is 0 Å². The molecule has 0 radical (unpaired) electrons. The highest BCUT2D eigenvalue weighted by Crippen LogP contribution is 2.21. The maximum atomic E-state index is 12.8. The number of piperidine rings is 1. The quantitative estimate of drug-likeness (QED) is 0.676. The number of amides is 2. The van der Waals surface area contributed by atoms with Crippen LogP contribution in [0.4, 0.5) is 0 Å². The van der Waals surface area contributed by atoms with Gasteiger partial charge in [0.05, 0.1) is 19.3 Å². The number of carbonyl (C=O) groups is 2. The van der Waals surface area contributed by atoms with E-state index < -0.39 is 0 Å². The van der Waals surface area contributed by atoms with Crippen molar-refractivity contribution in [3.63, 3.8) is 0 Å². The monoisotopic (exact) mass is 410 g/mol. The minimum atomic E-state index is -0.0227. The summed E-state index contributed by atoms with van der Waals surface area (Å²) in [5, 5.41) is 3.09. The molecule has 0 bridgehead atoms. The summed E-state index contributed by atoms with van der Waals surface area (Å²) in [6, 6.07) is 15.3. The molecular weight excluding hydrogens is 380 g/mol. The molecular formula is C24H30N2O4. The molecule has 1 aliphatic heterocycles. The van der Waals surface area contributed by atoms with Crippen LogP contribution in [0.15, 0.2) is 48.5 Å². The Balaban J connectivity index is 1.36. The average molecular weight is 411 g/mol. The third-order valence-corrected chi connectivity index (χ3v) is 5.32. The third kappa shape index (κ3) is 5.99. The Kier molecular flexibility index (Phi) is 7.71. The van der Waals surface area contributed by atoms with E-state index in [9.17, 15) is 9.59 Å². The molecule has 2 aromatic carbocycles. The zero-order valence-corrected chi connectivity index (χ0v) is 17.7. The molecule has 1 heterocycles. The molecule has 0 spiro atoms. The molecule has 1 fully saturated rings. The molecule has 6 heteroatoms. The summed E-state index contributed by atoms with van der Waals surface area (Å²) in [5.41, 5.74) is 1.77. The Morgan fingerprint density at radius 1 is 1.07 bits per heavy atom. The zero-order valence-electron chi connectivity index (χ0n) is 17.7. The highest BCUT2D eigenvalue weighted by molar-refractivity contribution is 5.97. The van der Waals surface area contributed by atoms with Crippen LogP contribution in [0.2, 0.25) is 0 Å². The van der Waals surface area contributed by atoms with Gasteiger partial charge in [-0.25, -0.2) is 0 Å². The maximum absolute atomic E-state index is 12.8. The lowest BCUT2D eigenvalue weighted by Gasteiger charge is -2.32. The lowest BCUT2D eigenvalue weighted by molar-refractivity contribution is -0.122. The van der Waals surface area contributed by atoms with Crippen LogP contribution in [0.3, 0.4) is 0 Å². The van der Waals surface area contributed by atoms with E-state index >= 15 is 0 Å². The number of nitrogens with zero attached hydrogens (tertiary/aromatic N) is 1. The van der Waals surface area contributed by atoms with Crippen molar-refractivity contribution < 1.29 is 19.1 Å². The number of para-hydroxylation sites is 1. The van der Waals surface area contributed by atoms with Crippen LogP contribution in [0, 0.1) is 6.92 Å². The van der Waals surface area contributed by atoms with Gasteiger partial charge in [-0.1, -0.05) is 29.8 Å². The van der Waals surface area contributed by atoms with Crippen LogP contribution in [0.25, 0.3) is 0 Å². The van der Waals surface area contributed by atoms with Gasteiger partial charge < -0.3 is 19.7 Å². The van der Waals surface area contributed by atoms with Gasteiger partial charge in [-0.2, -0.15) is 0 Å². The summed E-state index contributed by atoms with van der Waals surface area (Å²) in [5.74, 6) is 1.43. The number of ether oxygens (including phenoxy) is 2. The lowest BCUT2D eigenvalue weighted by Crippen LogP contribution is -2.46. The average Bonchev–Trinajstić information content (AvgIpc) is 2.78. The zero-order chi connectivity index (χ0) is 21.3. The molecule has 0 aliphatic carbocycles. The number of carbonyl (C=O) groups excluding carboxylic acids is 2. The summed E-state index contributed by atoms with van der Waals surface area (Å²) < 4.78 is 11.0. The van der Waals surface area contributed by atoms with Crippen LogP contribution < -0.4 is 14.8 Å². The molecule has 0 saturated carbocycles. The molecule has 0 unspecified atom stereocenters. The normalized spacial score (nSPS) is 14.3. The van der Waals surface area contributed by atoms with Crippen molar-refractivity contribution >= 4 is 11.8 Å². The van der Waals surface area contributed by atoms with E-state index in [0.29, 0.717) is 43.9 Å². The van der Waals surface area contributed by atoms with Gasteiger partial charge in [-0.15, -0.1) is 0 Å². The van der Waals surface area contributed by atoms with Crippen LogP contribution in [-0.4, -0.2) is 49.6 Å². The second kappa shape index (κ2) is 10.7. The first kappa shape index (κ1) is 21.7. The standard InChI is InChI=1S/C24H30N2O4/c1-18-9-11-20(12-10-18)30-17-5-8-23(27)25-19-13-15-26(16-14-19)24(28)21-6-3-4-7-22(21)29-2/h3-4,6-7,9-12,19H,5,8,13-17H2,1-2H3,(H,25,27). The number of benzene rings is 2. The van der Waals surface area contributed by atoms with E-state index in [1.54, 1.807) is 19.2 Å². The number of aryl methyl sites for hydroxylation is 1. The van der Waals surface area contributed by atoms with E-state index in [-0.39, 0.29) is 17.9 Å². The first-order chi connectivity index (χ1) is 14.6. The van der Waals surface area contributed by atoms with Gasteiger partial charge in [-0.05, 0) is 50.5 Å². The number of hydrogen-bond acceptors (Lipinski definition) is 4. The molecule has 160 valence electrons. The maximum Gasteiger partial charge on any atom is 0.257 e. The summed E-state index contributed by atoms with van der Waals surface area (Å²) in [7, 11) is 1.57. The van der Waals surface area contributed by atoms with Gasteiger partial charge in [-0.3, -0.25) is 9.59 Å². The highest BCUT2D eigenvalue weighted by atomic mass is 16.5. The van der Waals surface area contributed by atoms with Gasteiger partial charge >= 0.3 is 0 Å². The Hall–Kier alpha value is -3.02. The summed E-state index contributed by atoms with van der Waals surface area (Å²) in [6.45, 7) is 3.80. The molecule has 1 N–H and O–H groups in total. The largest absolute Gasteiger partial charge is 0.496 e. The molecule has 0 aromatic heterocycles. The van der Waals surface area contributed by atoms with Crippen molar-refractivity contribution in [2.45, 2.75) is 38.6 Å². The molecule has 2 aromatic rings. The van der Waals surface area contributed by atoms with Gasteiger partial charge in [0.15, 0.2) is 0 Å². The summed E-state index contributed by atoms with van der Waals surface area (Å²) in [6.07, 6.45) is 2.62. The molecule has 0 atom stereocenters. The van der Waals surface area contributed by atoms with E-state index in [1.165, 1.54) is 5.56 Å². The topological polar surface area (TPSA) is 67.9 Å². The highest BCUT2D eigenvalue weighted by Gasteiger charge is 2.26. The van der Waals surface area contributed by atoms with Crippen LogP contribution in [0.1, 0.15) is 41.6 Å². The van der Waals surface area contributed by atoms with Crippen LogP contribution in [0.5, 0.6) is 11.5 Å². The van der Waals surface area contributed by atoms with E-state index in [4.69, 9.17) is 9.47 Å². The lowest BCUT2D eigenvalue weighted by atomic mass is 10.0. The van der Waals surface area contributed by atoms with Gasteiger partial charge in [0.2, 0.25) is 5.91 Å². The van der Waals surface area contributed by atoms with Crippen molar-refractivity contribution in [3.8, 4) is 11.5 Å². The summed E-state index contributed by atoms with van der Waals surface area (Å²) >= 11 is 0. The second-order valence-electron chi connectivity index (χ2n) is 7.60. The predicted octanol–water partition coefficient (Wildman–Crippen LogP) is 3.58. The third-order valence-electron chi connectivity index (χ3n) is 5.32. The second-order valence-corrected chi connectivity index (χ2v) is 7.60. The Morgan fingerprint density at radius 2 is 1.77 bits per heavy atom. The molecule has 2 amide bonds. The minimum absolute atomic E-state index is 0.0227. The van der Waals surface area contributed by atoms with Crippen molar-refractivity contribution in [3.05, 3.63) is 59.7 Å². The molecule has 6 nitrogen and oxygen atoms in total. The van der Waals surface area contributed by atoms with E-state index in [0.717, 1.165) is 18.6 Å². The fourth-order valence-electron chi connectivity index (χ4n) is 3.58. The van der Waals surface area contributed by atoms with Crippen LogP contribution in [-0.2, 0) is 4.79 Å². The summed E-state index contributed by atoms with van der Waals surface area (Å²) in [4.78, 5) is 26.8. The van der Waals surface area contributed by atoms with Gasteiger partial charge in [0, 0.05) is 25.6 Å². The molecule has 1 saturated heterocycles. The van der Waals surface area contributed by atoms with E-state index in [1.807, 2.05) is 48.2 Å². The predicted molar refractivity (Wildman–Crippen MR) is 116 cm³/mol. The number of likely N-dealkylation sites (tertiary alicyclic amines) is 1. The number of nitrogens with one attached hydrogen (secondary N) is 1. The Labute approximate surface area is 178 Å². The molecule has 30 heavy (non-hydrogen) atoms. The molecule has 1 aliphatic rings. The minimum Gasteiger partial charge on any atom is -0.496 e. The van der Waals surface area contributed by atoms with Crippen molar-refractivity contribution in [2.75, 3.05) is 26.8 Å². The molecule has 3 rings (SSSR count). The fourth-order valence-corrected chi connectivity index (χ4v) is 3.58. The van der Waals surface area contributed by atoms with Crippen molar-refractivity contribution in [1.82, 2.24) is 10.2 Å². The smallest absolute Gasteiger partial charge is 0.257 e. The Morgan fingerprint density at radius 3 is 2.47 bits per heavy atom. The number of hydrogen-bond donors (Lipinski definition) is 1. The SMILES string of the molecule is COc1ccccc1C(=O)N1CCC(NC(=O)CCCOc2ccc(C)cc2)CC1.